The molecule has 4 rings (SSSR count). The molecule has 0 unspecified atom stereocenters. The van der Waals surface area contributed by atoms with Gasteiger partial charge in [0.1, 0.15) is 5.75 Å². The van der Waals surface area contributed by atoms with Crippen molar-refractivity contribution in [2.24, 2.45) is 0 Å². The average Bonchev–Trinajstić information content (AvgIpc) is 3.01. The lowest BCUT2D eigenvalue weighted by molar-refractivity contribution is -0.122. The Hall–Kier alpha value is -2.11. The first kappa shape index (κ1) is 18.3. The highest BCUT2D eigenvalue weighted by atomic mass is 79.9. The smallest absolute Gasteiger partial charge is 0.265 e. The van der Waals surface area contributed by atoms with Crippen molar-refractivity contribution in [1.82, 2.24) is 0 Å². The third kappa shape index (κ3) is 3.80. The summed E-state index contributed by atoms with van der Waals surface area (Å²) >= 11 is 6.86. The van der Waals surface area contributed by atoms with Crippen LogP contribution in [0.15, 0.2) is 69.6 Å². The second-order valence-electron chi connectivity index (χ2n) is 6.53. The molecular weight excluding hydrogens is 470 g/mol. The summed E-state index contributed by atoms with van der Waals surface area (Å²) in [6, 6.07) is 20.1. The quantitative estimate of drug-likeness (QED) is 0.373. The van der Waals surface area contributed by atoms with Crippen LogP contribution in [0.3, 0.4) is 0 Å². The summed E-state index contributed by atoms with van der Waals surface area (Å²) in [4.78, 5) is 12.6. The van der Waals surface area contributed by atoms with Gasteiger partial charge in [0.15, 0.2) is 6.10 Å². The normalized spacial score (nSPS) is 12.9. The number of carbonyl (C=O) groups excluding carboxylic acids is 1. The van der Waals surface area contributed by atoms with Gasteiger partial charge in [0.2, 0.25) is 0 Å². The summed E-state index contributed by atoms with van der Waals surface area (Å²) in [6.07, 6.45) is 0.278. The molecule has 136 valence electrons. The van der Waals surface area contributed by atoms with Gasteiger partial charge in [-0.3, -0.25) is 4.79 Å². The molecule has 0 radical (unpaired) electrons. The van der Waals surface area contributed by atoms with E-state index in [-0.39, 0.29) is 5.91 Å². The van der Waals surface area contributed by atoms with Gasteiger partial charge in [0.05, 0.1) is 4.47 Å². The first-order valence-electron chi connectivity index (χ1n) is 8.65. The van der Waals surface area contributed by atoms with Crippen molar-refractivity contribution in [3.63, 3.8) is 0 Å². The number of carbonyl (C=O) groups is 1. The van der Waals surface area contributed by atoms with Crippen LogP contribution in [-0.4, -0.2) is 12.0 Å². The summed E-state index contributed by atoms with van der Waals surface area (Å²) in [5.74, 6) is 0.450. The van der Waals surface area contributed by atoms with Gasteiger partial charge in [0.25, 0.3) is 5.91 Å². The Kier molecular flexibility index (Phi) is 5.06. The van der Waals surface area contributed by atoms with E-state index in [4.69, 9.17) is 4.74 Å². The molecule has 1 aliphatic rings. The lowest BCUT2D eigenvalue weighted by atomic mass is 10.1. The standard InChI is InChI=1S/C22H17Br2NO2/c1-13(27-21-9-6-16(23)12-20(21)24)22(26)25-17-7-8-19-15(11-17)10-14-4-2-3-5-18(14)19/h2-9,11-13H,10H2,1H3,(H,25,26)/t13-/m0/s1. The highest BCUT2D eigenvalue weighted by Crippen LogP contribution is 2.37. The second-order valence-corrected chi connectivity index (χ2v) is 8.30. The Balaban J connectivity index is 1.46. The summed E-state index contributed by atoms with van der Waals surface area (Å²) < 4.78 is 7.54. The predicted molar refractivity (Wildman–Crippen MR) is 115 cm³/mol. The molecule has 0 saturated carbocycles. The van der Waals surface area contributed by atoms with E-state index in [2.05, 4.69) is 73.6 Å². The van der Waals surface area contributed by atoms with Crippen LogP contribution >= 0.6 is 31.9 Å². The number of hydrogen-bond acceptors (Lipinski definition) is 2. The molecule has 0 fully saturated rings. The van der Waals surface area contributed by atoms with Crippen LogP contribution in [0.1, 0.15) is 18.1 Å². The van der Waals surface area contributed by atoms with Gasteiger partial charge in [-0.2, -0.15) is 0 Å². The Morgan fingerprint density at radius 3 is 2.59 bits per heavy atom. The molecule has 5 heteroatoms. The van der Waals surface area contributed by atoms with E-state index in [9.17, 15) is 4.79 Å². The van der Waals surface area contributed by atoms with E-state index < -0.39 is 6.10 Å². The molecule has 3 aromatic carbocycles. The van der Waals surface area contributed by atoms with Crippen molar-refractivity contribution >= 4 is 43.5 Å². The molecule has 1 aliphatic carbocycles. The van der Waals surface area contributed by atoms with Gasteiger partial charge in [-0.25, -0.2) is 0 Å². The Morgan fingerprint density at radius 2 is 1.78 bits per heavy atom. The number of rotatable bonds is 4. The Morgan fingerprint density at radius 1 is 1.00 bits per heavy atom. The van der Waals surface area contributed by atoms with Gasteiger partial charge in [0, 0.05) is 10.2 Å². The molecular formula is C22H17Br2NO2. The first-order chi connectivity index (χ1) is 13.0. The Bertz CT molecular complexity index is 1030. The first-order valence-corrected chi connectivity index (χ1v) is 10.2. The molecule has 0 spiro atoms. The third-order valence-electron chi connectivity index (χ3n) is 4.63. The van der Waals surface area contributed by atoms with E-state index in [1.165, 1.54) is 22.3 Å². The molecule has 0 heterocycles. The van der Waals surface area contributed by atoms with Crippen molar-refractivity contribution in [3.8, 4) is 16.9 Å². The molecule has 1 atom stereocenters. The van der Waals surface area contributed by atoms with Crippen molar-refractivity contribution in [3.05, 3.63) is 80.7 Å². The van der Waals surface area contributed by atoms with Crippen LogP contribution in [0.2, 0.25) is 0 Å². The molecule has 0 aromatic heterocycles. The lowest BCUT2D eigenvalue weighted by Crippen LogP contribution is -2.30. The van der Waals surface area contributed by atoms with Crippen LogP contribution in [0, 0.1) is 0 Å². The SMILES string of the molecule is C[C@H](Oc1ccc(Br)cc1Br)C(=O)Nc1ccc2c(c1)Cc1ccccc1-2. The molecule has 3 aromatic rings. The zero-order valence-electron chi connectivity index (χ0n) is 14.6. The lowest BCUT2D eigenvalue weighted by Gasteiger charge is -2.16. The minimum atomic E-state index is -0.618. The highest BCUT2D eigenvalue weighted by molar-refractivity contribution is 9.11. The van der Waals surface area contributed by atoms with Gasteiger partial charge < -0.3 is 10.1 Å². The predicted octanol–water partition coefficient (Wildman–Crippen LogP) is 6.19. The maximum absolute atomic E-state index is 12.6. The number of amides is 1. The van der Waals surface area contributed by atoms with Crippen LogP contribution in [0.4, 0.5) is 5.69 Å². The fourth-order valence-electron chi connectivity index (χ4n) is 3.28. The van der Waals surface area contributed by atoms with Crippen molar-refractivity contribution in [1.29, 1.82) is 0 Å². The summed E-state index contributed by atoms with van der Waals surface area (Å²) in [7, 11) is 0. The second kappa shape index (κ2) is 7.49. The van der Waals surface area contributed by atoms with Crippen LogP contribution in [0.25, 0.3) is 11.1 Å². The minimum Gasteiger partial charge on any atom is -0.480 e. The van der Waals surface area contributed by atoms with Gasteiger partial charge in [-0.1, -0.05) is 46.3 Å². The van der Waals surface area contributed by atoms with Crippen LogP contribution < -0.4 is 10.1 Å². The van der Waals surface area contributed by atoms with Crippen molar-refractivity contribution < 1.29 is 9.53 Å². The van der Waals surface area contributed by atoms with Gasteiger partial charge >= 0.3 is 0 Å². The van der Waals surface area contributed by atoms with Crippen molar-refractivity contribution in [2.45, 2.75) is 19.4 Å². The number of halogens is 2. The molecule has 0 saturated heterocycles. The van der Waals surface area contributed by atoms with E-state index in [0.717, 1.165) is 21.1 Å². The largest absolute Gasteiger partial charge is 0.480 e. The van der Waals surface area contributed by atoms with Crippen molar-refractivity contribution in [2.75, 3.05) is 5.32 Å². The fraction of sp³-hybridized carbons (Fsp3) is 0.136. The van der Waals surface area contributed by atoms with E-state index in [1.807, 2.05) is 24.3 Å². The summed E-state index contributed by atoms with van der Waals surface area (Å²) in [5, 5.41) is 2.96. The molecule has 0 aliphatic heterocycles. The molecule has 3 nitrogen and oxygen atoms in total. The molecule has 1 amide bonds. The molecule has 27 heavy (non-hydrogen) atoms. The number of fused-ring (bicyclic) bond motifs is 3. The highest BCUT2D eigenvalue weighted by Gasteiger charge is 2.20. The number of anilines is 1. The van der Waals surface area contributed by atoms with E-state index in [1.54, 1.807) is 6.92 Å². The topological polar surface area (TPSA) is 38.3 Å². The average molecular weight is 487 g/mol. The zero-order valence-corrected chi connectivity index (χ0v) is 17.8. The van der Waals surface area contributed by atoms with Crippen LogP contribution in [-0.2, 0) is 11.2 Å². The number of benzene rings is 3. The Labute approximate surface area is 175 Å². The summed E-state index contributed by atoms with van der Waals surface area (Å²) in [6.45, 7) is 1.74. The summed E-state index contributed by atoms with van der Waals surface area (Å²) in [5.41, 5.74) is 5.87. The van der Waals surface area contributed by atoms with E-state index >= 15 is 0 Å². The fourth-order valence-corrected chi connectivity index (χ4v) is 4.42. The monoisotopic (exact) mass is 485 g/mol. The number of nitrogens with one attached hydrogen (secondary N) is 1. The van der Waals surface area contributed by atoms with Gasteiger partial charge in [-0.05, 0) is 81.9 Å². The maximum Gasteiger partial charge on any atom is 0.265 e. The zero-order chi connectivity index (χ0) is 19.0. The van der Waals surface area contributed by atoms with Crippen LogP contribution in [0.5, 0.6) is 5.75 Å². The van der Waals surface area contributed by atoms with E-state index in [0.29, 0.717) is 5.75 Å². The maximum atomic E-state index is 12.6. The van der Waals surface area contributed by atoms with Gasteiger partial charge in [-0.15, -0.1) is 0 Å². The number of ether oxygens (including phenoxy) is 1. The molecule has 0 bridgehead atoms. The molecule has 1 N–H and O–H groups in total. The minimum absolute atomic E-state index is 0.180. The third-order valence-corrected chi connectivity index (χ3v) is 5.74. The number of hydrogen-bond donors (Lipinski definition) is 1.